The third-order valence-corrected chi connectivity index (χ3v) is 8.66. The van der Waals surface area contributed by atoms with Crippen molar-refractivity contribution in [2.45, 2.75) is 37.1 Å². The topological polar surface area (TPSA) is 87.0 Å². The van der Waals surface area contributed by atoms with E-state index in [9.17, 15) is 19.1 Å². The molecule has 1 aliphatic carbocycles. The Labute approximate surface area is 221 Å². The molecule has 0 bridgehead atoms. The summed E-state index contributed by atoms with van der Waals surface area (Å²) in [5, 5.41) is 14.4. The number of nitrogens with one attached hydrogen (secondary N) is 1. The van der Waals surface area contributed by atoms with E-state index in [0.29, 0.717) is 25.3 Å². The Bertz CT molecular complexity index is 1410. The van der Waals surface area contributed by atoms with Crippen LogP contribution in [-0.4, -0.2) is 64.8 Å². The Morgan fingerprint density at radius 3 is 2.58 bits per heavy atom. The standard InChI is InChI=1S/C29H33FN4O4/c1-32-23-13-21(38-2)10-11-22(23)25-26(32)24(14-35)34(27(36)18-6-3-4-7-18)17-29(25)15-33(16-29)28(37)31-20-9-5-8-19(30)12-20/h5,8-13,18,24,35H,3-4,6-7,14-17H2,1-2H3,(H,31,37)/t24-/m1/s1. The molecule has 2 aromatic carbocycles. The summed E-state index contributed by atoms with van der Waals surface area (Å²) in [4.78, 5) is 30.4. The molecule has 1 saturated heterocycles. The van der Waals surface area contributed by atoms with Crippen LogP contribution in [0.1, 0.15) is 43.0 Å². The molecule has 1 atom stereocenters. The number of nitrogens with zero attached hydrogens (tertiary/aromatic N) is 3. The lowest BCUT2D eigenvalue weighted by Gasteiger charge is -2.56. The van der Waals surface area contributed by atoms with Gasteiger partial charge in [0, 0.05) is 55.4 Å². The average Bonchev–Trinajstić information content (AvgIpc) is 3.53. The van der Waals surface area contributed by atoms with Crippen LogP contribution in [0.3, 0.4) is 0 Å². The van der Waals surface area contributed by atoms with E-state index in [-0.39, 0.29) is 24.5 Å². The Hall–Kier alpha value is -3.59. The van der Waals surface area contributed by atoms with Crippen LogP contribution in [0.2, 0.25) is 0 Å². The highest BCUT2D eigenvalue weighted by molar-refractivity contribution is 5.93. The van der Waals surface area contributed by atoms with Crippen molar-refractivity contribution in [3.8, 4) is 5.75 Å². The molecule has 1 saturated carbocycles. The van der Waals surface area contributed by atoms with Crippen LogP contribution < -0.4 is 10.1 Å². The zero-order chi connectivity index (χ0) is 26.6. The van der Waals surface area contributed by atoms with Gasteiger partial charge in [0.15, 0.2) is 0 Å². The number of aryl methyl sites for hydroxylation is 1. The summed E-state index contributed by atoms with van der Waals surface area (Å²) in [5.74, 6) is 0.387. The normalized spacial score (nSPS) is 20.5. The Kier molecular flexibility index (Phi) is 6.06. The van der Waals surface area contributed by atoms with Gasteiger partial charge in [0.05, 0.1) is 30.7 Å². The molecule has 3 aromatic rings. The predicted molar refractivity (Wildman–Crippen MR) is 142 cm³/mol. The van der Waals surface area contributed by atoms with Gasteiger partial charge in [0.2, 0.25) is 5.91 Å². The quantitative estimate of drug-likeness (QED) is 0.541. The summed E-state index contributed by atoms with van der Waals surface area (Å²) < 4.78 is 21.2. The molecule has 2 aliphatic heterocycles. The molecule has 8 nitrogen and oxygen atoms in total. The number of aromatic nitrogens is 1. The zero-order valence-electron chi connectivity index (χ0n) is 21.7. The second kappa shape index (κ2) is 9.31. The largest absolute Gasteiger partial charge is 0.497 e. The highest BCUT2D eigenvalue weighted by Crippen LogP contribution is 2.50. The van der Waals surface area contributed by atoms with Crippen molar-refractivity contribution in [3.05, 3.63) is 59.5 Å². The molecular formula is C29H33FN4O4. The minimum absolute atomic E-state index is 0.0233. The van der Waals surface area contributed by atoms with Crippen LogP contribution >= 0.6 is 0 Å². The van der Waals surface area contributed by atoms with Crippen LogP contribution in [0.15, 0.2) is 42.5 Å². The minimum Gasteiger partial charge on any atom is -0.497 e. The van der Waals surface area contributed by atoms with Gasteiger partial charge in [-0.2, -0.15) is 0 Å². The molecule has 200 valence electrons. The number of anilines is 1. The molecule has 3 aliphatic rings. The summed E-state index contributed by atoms with van der Waals surface area (Å²) >= 11 is 0. The first-order valence-electron chi connectivity index (χ1n) is 13.2. The first kappa shape index (κ1) is 24.7. The van der Waals surface area contributed by atoms with Crippen LogP contribution in [0.4, 0.5) is 14.9 Å². The van der Waals surface area contributed by atoms with E-state index in [1.807, 2.05) is 30.1 Å². The van der Waals surface area contributed by atoms with Gasteiger partial charge >= 0.3 is 6.03 Å². The van der Waals surface area contributed by atoms with Gasteiger partial charge in [-0.05, 0) is 48.7 Å². The lowest BCUT2D eigenvalue weighted by Crippen LogP contribution is -2.69. The predicted octanol–water partition coefficient (Wildman–Crippen LogP) is 4.18. The number of amides is 3. The number of fused-ring (bicyclic) bond motifs is 4. The molecule has 2 fully saturated rings. The average molecular weight is 521 g/mol. The molecule has 2 N–H and O–H groups in total. The van der Waals surface area contributed by atoms with Gasteiger partial charge in [-0.15, -0.1) is 0 Å². The van der Waals surface area contributed by atoms with E-state index >= 15 is 0 Å². The molecule has 3 amide bonds. The van der Waals surface area contributed by atoms with Gasteiger partial charge in [0.25, 0.3) is 0 Å². The lowest BCUT2D eigenvalue weighted by molar-refractivity contribution is -0.142. The van der Waals surface area contributed by atoms with Crippen LogP contribution in [0.25, 0.3) is 10.9 Å². The van der Waals surface area contributed by atoms with E-state index in [1.165, 1.54) is 12.1 Å². The van der Waals surface area contributed by atoms with Crippen molar-refractivity contribution in [1.29, 1.82) is 0 Å². The Morgan fingerprint density at radius 1 is 1.13 bits per heavy atom. The number of likely N-dealkylation sites (tertiary alicyclic amines) is 1. The fraction of sp³-hybridized carbons (Fsp3) is 0.448. The molecule has 9 heteroatoms. The van der Waals surface area contributed by atoms with Crippen molar-refractivity contribution < 1.29 is 23.8 Å². The number of urea groups is 1. The third-order valence-electron chi connectivity index (χ3n) is 8.66. The van der Waals surface area contributed by atoms with Gasteiger partial charge in [0.1, 0.15) is 11.6 Å². The summed E-state index contributed by atoms with van der Waals surface area (Å²) in [6, 6.07) is 11.0. The fourth-order valence-corrected chi connectivity index (χ4v) is 6.85. The zero-order valence-corrected chi connectivity index (χ0v) is 21.7. The maximum atomic E-state index is 13.8. The van der Waals surface area contributed by atoms with Crippen molar-refractivity contribution in [3.63, 3.8) is 0 Å². The molecule has 1 spiro atoms. The molecule has 0 unspecified atom stereocenters. The highest BCUT2D eigenvalue weighted by Gasteiger charge is 2.56. The third kappa shape index (κ3) is 3.83. The van der Waals surface area contributed by atoms with Crippen LogP contribution in [0.5, 0.6) is 5.75 Å². The van der Waals surface area contributed by atoms with Gasteiger partial charge in [-0.3, -0.25) is 4.79 Å². The molecule has 38 heavy (non-hydrogen) atoms. The van der Waals surface area contributed by atoms with Crippen LogP contribution in [-0.2, 0) is 17.3 Å². The van der Waals surface area contributed by atoms with Gasteiger partial charge in [-0.1, -0.05) is 18.9 Å². The van der Waals surface area contributed by atoms with E-state index in [1.54, 1.807) is 24.1 Å². The number of aliphatic hydroxyl groups is 1. The Balaban J connectivity index is 1.39. The van der Waals surface area contributed by atoms with Gasteiger partial charge < -0.3 is 29.5 Å². The number of aliphatic hydroxyl groups excluding tert-OH is 1. The van der Waals surface area contributed by atoms with Crippen molar-refractivity contribution in [1.82, 2.24) is 14.4 Å². The monoisotopic (exact) mass is 520 g/mol. The van der Waals surface area contributed by atoms with E-state index < -0.39 is 17.3 Å². The summed E-state index contributed by atoms with van der Waals surface area (Å²) in [5.41, 5.74) is 2.89. The summed E-state index contributed by atoms with van der Waals surface area (Å²) in [7, 11) is 3.60. The smallest absolute Gasteiger partial charge is 0.321 e. The number of hydrogen-bond acceptors (Lipinski definition) is 4. The number of halogens is 1. The van der Waals surface area contributed by atoms with E-state index in [0.717, 1.165) is 53.6 Å². The lowest BCUT2D eigenvalue weighted by atomic mass is 9.68. The number of carbonyl (C=O) groups is 2. The van der Waals surface area contributed by atoms with Gasteiger partial charge in [-0.25, -0.2) is 9.18 Å². The van der Waals surface area contributed by atoms with Crippen molar-refractivity contribution in [2.24, 2.45) is 13.0 Å². The fourth-order valence-electron chi connectivity index (χ4n) is 6.85. The first-order valence-corrected chi connectivity index (χ1v) is 13.2. The number of hydrogen-bond donors (Lipinski definition) is 2. The molecule has 6 rings (SSSR count). The SMILES string of the molecule is COc1ccc2c3c(n(C)c2c1)[C@@H](CO)N(C(=O)C1CCCC1)CC31CN(C(=O)Nc2cccc(F)c2)C1. The molecular weight excluding hydrogens is 487 g/mol. The second-order valence-corrected chi connectivity index (χ2v) is 10.9. The number of methoxy groups -OCH3 is 1. The maximum absolute atomic E-state index is 13.8. The highest BCUT2D eigenvalue weighted by atomic mass is 19.1. The van der Waals surface area contributed by atoms with Crippen molar-refractivity contribution >= 4 is 28.5 Å². The maximum Gasteiger partial charge on any atom is 0.321 e. The number of rotatable bonds is 4. The van der Waals surface area contributed by atoms with Crippen molar-refractivity contribution in [2.75, 3.05) is 38.7 Å². The minimum atomic E-state index is -0.470. The van der Waals surface area contributed by atoms with E-state index in [2.05, 4.69) is 9.88 Å². The summed E-state index contributed by atoms with van der Waals surface area (Å²) in [6.45, 7) is 1.10. The van der Waals surface area contributed by atoms with E-state index in [4.69, 9.17) is 4.74 Å². The first-order chi connectivity index (χ1) is 18.3. The number of benzene rings is 2. The molecule has 0 radical (unpaired) electrons. The van der Waals surface area contributed by atoms with Crippen LogP contribution in [0, 0.1) is 11.7 Å². The number of carbonyl (C=O) groups excluding carboxylic acids is 2. The molecule has 1 aromatic heterocycles. The summed E-state index contributed by atoms with van der Waals surface area (Å²) in [6.07, 6.45) is 3.85. The number of ether oxygens (including phenoxy) is 1. The molecule has 3 heterocycles. The second-order valence-electron chi connectivity index (χ2n) is 10.9. The Morgan fingerprint density at radius 2 is 1.89 bits per heavy atom.